The first kappa shape index (κ1) is 21.4. The summed E-state index contributed by atoms with van der Waals surface area (Å²) >= 11 is 5.74. The van der Waals surface area contributed by atoms with Crippen LogP contribution >= 0.6 is 11.6 Å². The van der Waals surface area contributed by atoms with Crippen LogP contribution < -0.4 is 10.6 Å². The Morgan fingerprint density at radius 2 is 2.11 bits per heavy atom. The summed E-state index contributed by atoms with van der Waals surface area (Å²) in [6.45, 7) is 4.18. The van der Waals surface area contributed by atoms with Gasteiger partial charge in [0.15, 0.2) is 0 Å². The van der Waals surface area contributed by atoms with E-state index in [0.717, 1.165) is 30.2 Å². The van der Waals surface area contributed by atoms with Gasteiger partial charge in [-0.05, 0) is 37.5 Å². The number of benzene rings is 1. The number of nitro groups is 1. The smallest absolute Gasteiger partial charge is 0.283 e. The van der Waals surface area contributed by atoms with Crippen molar-refractivity contribution in [3.63, 3.8) is 0 Å². The molecule has 10 heteroatoms. The Morgan fingerprint density at radius 1 is 1.36 bits per heavy atom. The Bertz CT molecular complexity index is 867. The second-order valence-corrected chi connectivity index (χ2v) is 6.88. The molecule has 1 aromatic carbocycles. The number of halogens is 1. The topological polar surface area (TPSA) is 130 Å². The maximum Gasteiger partial charge on any atom is 0.283 e. The maximum absolute atomic E-state index is 12.2. The Morgan fingerprint density at radius 3 is 2.75 bits per heavy atom. The summed E-state index contributed by atoms with van der Waals surface area (Å²) in [6.07, 6.45) is 3.33. The first-order chi connectivity index (χ1) is 13.3. The van der Waals surface area contributed by atoms with Gasteiger partial charge in [0.05, 0.1) is 17.0 Å². The first-order valence-corrected chi connectivity index (χ1v) is 9.16. The van der Waals surface area contributed by atoms with Gasteiger partial charge in [0.2, 0.25) is 5.91 Å². The van der Waals surface area contributed by atoms with E-state index in [-0.39, 0.29) is 28.7 Å². The molecule has 2 aromatic rings. The molecule has 0 radical (unpaired) electrons. The number of aromatic nitrogens is 2. The quantitative estimate of drug-likeness (QED) is 0.334. The largest absolute Gasteiger partial charge is 0.356 e. The molecule has 0 saturated heterocycles. The predicted octanol–water partition coefficient (Wildman–Crippen LogP) is 2.39. The van der Waals surface area contributed by atoms with E-state index in [0.29, 0.717) is 6.54 Å². The standard InChI is InChI=1S/C18H22ClN5O4/c1-11(17(25)20-7-3-4-13-10-22-23-12(13)2)9-21-18(26)15-6-5-14(19)8-16(15)24(27)28/h5-6,8,10-11H,3-4,7,9H2,1-2H3,(H,20,25)(H,21,26)(H,22,23). The van der Waals surface area contributed by atoms with Crippen LogP contribution in [-0.4, -0.2) is 40.0 Å². The van der Waals surface area contributed by atoms with E-state index >= 15 is 0 Å². The fourth-order valence-corrected chi connectivity index (χ4v) is 2.74. The number of carbonyl (C=O) groups is 2. The van der Waals surface area contributed by atoms with Crippen LogP contribution in [-0.2, 0) is 11.2 Å². The summed E-state index contributed by atoms with van der Waals surface area (Å²) < 4.78 is 0. The molecule has 0 spiro atoms. The molecule has 0 fully saturated rings. The van der Waals surface area contributed by atoms with Crippen molar-refractivity contribution < 1.29 is 14.5 Å². The zero-order chi connectivity index (χ0) is 20.7. The molecule has 0 aliphatic rings. The number of aryl methyl sites for hydroxylation is 2. The molecule has 1 aromatic heterocycles. The van der Waals surface area contributed by atoms with Gasteiger partial charge < -0.3 is 10.6 Å². The van der Waals surface area contributed by atoms with E-state index in [1.54, 1.807) is 13.1 Å². The Balaban J connectivity index is 1.78. The van der Waals surface area contributed by atoms with Crippen molar-refractivity contribution in [2.75, 3.05) is 13.1 Å². The number of amides is 2. The highest BCUT2D eigenvalue weighted by atomic mass is 35.5. The molecule has 3 N–H and O–H groups in total. The lowest BCUT2D eigenvalue weighted by Crippen LogP contribution is -2.38. The zero-order valence-corrected chi connectivity index (χ0v) is 16.4. The molecule has 150 valence electrons. The Kier molecular flexibility index (Phi) is 7.51. The summed E-state index contributed by atoms with van der Waals surface area (Å²) in [7, 11) is 0. The minimum atomic E-state index is -0.668. The molecule has 1 atom stereocenters. The minimum Gasteiger partial charge on any atom is -0.356 e. The van der Waals surface area contributed by atoms with Crippen LogP contribution in [0.1, 0.15) is 35.0 Å². The lowest BCUT2D eigenvalue weighted by Gasteiger charge is -2.13. The van der Waals surface area contributed by atoms with Gasteiger partial charge in [0, 0.05) is 29.9 Å². The van der Waals surface area contributed by atoms with Crippen LogP contribution in [0, 0.1) is 23.0 Å². The second kappa shape index (κ2) is 9.84. The van der Waals surface area contributed by atoms with Crippen molar-refractivity contribution >= 4 is 29.1 Å². The van der Waals surface area contributed by atoms with Gasteiger partial charge in [-0.25, -0.2) is 0 Å². The molecule has 0 aliphatic heterocycles. The number of H-pyrrole nitrogens is 1. The number of nitrogens with one attached hydrogen (secondary N) is 3. The monoisotopic (exact) mass is 407 g/mol. The molecule has 28 heavy (non-hydrogen) atoms. The molecule has 1 unspecified atom stereocenters. The van der Waals surface area contributed by atoms with Crippen LogP contribution in [0.3, 0.4) is 0 Å². The number of carbonyl (C=O) groups excluding carboxylic acids is 2. The summed E-state index contributed by atoms with van der Waals surface area (Å²) in [4.78, 5) is 34.8. The van der Waals surface area contributed by atoms with Gasteiger partial charge >= 0.3 is 0 Å². The number of hydrogen-bond donors (Lipinski definition) is 3. The third-order valence-corrected chi connectivity index (χ3v) is 4.51. The average molecular weight is 408 g/mol. The van der Waals surface area contributed by atoms with Crippen LogP contribution in [0.2, 0.25) is 5.02 Å². The molecule has 9 nitrogen and oxygen atoms in total. The van der Waals surface area contributed by atoms with Crippen LogP contribution in [0.15, 0.2) is 24.4 Å². The third-order valence-electron chi connectivity index (χ3n) is 4.27. The van der Waals surface area contributed by atoms with Crippen LogP contribution in [0.5, 0.6) is 0 Å². The summed E-state index contributed by atoms with van der Waals surface area (Å²) in [5.41, 5.74) is 1.65. The van der Waals surface area contributed by atoms with Gasteiger partial charge in [-0.1, -0.05) is 18.5 Å². The van der Waals surface area contributed by atoms with Gasteiger partial charge in [0.25, 0.3) is 11.6 Å². The van der Waals surface area contributed by atoms with Crippen LogP contribution in [0.4, 0.5) is 5.69 Å². The highest BCUT2D eigenvalue weighted by Crippen LogP contribution is 2.23. The van der Waals surface area contributed by atoms with Crippen molar-refractivity contribution in [1.82, 2.24) is 20.8 Å². The molecule has 0 bridgehead atoms. The number of hydrogen-bond acceptors (Lipinski definition) is 5. The van der Waals surface area contributed by atoms with E-state index in [4.69, 9.17) is 11.6 Å². The molecule has 1 heterocycles. The number of rotatable bonds is 9. The van der Waals surface area contributed by atoms with Crippen molar-refractivity contribution in [2.24, 2.45) is 5.92 Å². The summed E-state index contributed by atoms with van der Waals surface area (Å²) in [5, 5.41) is 23.4. The van der Waals surface area contributed by atoms with Gasteiger partial charge in [-0.3, -0.25) is 24.8 Å². The summed E-state index contributed by atoms with van der Waals surface area (Å²) in [6, 6.07) is 3.81. The van der Waals surface area contributed by atoms with E-state index < -0.39 is 16.7 Å². The highest BCUT2D eigenvalue weighted by molar-refractivity contribution is 6.31. The highest BCUT2D eigenvalue weighted by Gasteiger charge is 2.21. The molecule has 2 rings (SSSR count). The zero-order valence-electron chi connectivity index (χ0n) is 15.6. The number of nitrogens with zero attached hydrogens (tertiary/aromatic N) is 2. The van der Waals surface area contributed by atoms with Crippen molar-refractivity contribution in [1.29, 1.82) is 0 Å². The SMILES string of the molecule is Cc1[nH]ncc1CCCNC(=O)C(C)CNC(=O)c1ccc(Cl)cc1[N+](=O)[O-]. The minimum absolute atomic E-state index is 0.0608. The van der Waals surface area contributed by atoms with Crippen molar-refractivity contribution in [3.05, 3.63) is 56.4 Å². The first-order valence-electron chi connectivity index (χ1n) is 8.78. The van der Waals surface area contributed by atoms with Crippen LogP contribution in [0.25, 0.3) is 0 Å². The molecule has 2 amide bonds. The lowest BCUT2D eigenvalue weighted by atomic mass is 10.1. The fourth-order valence-electron chi connectivity index (χ4n) is 2.57. The lowest BCUT2D eigenvalue weighted by molar-refractivity contribution is -0.385. The molecular weight excluding hydrogens is 386 g/mol. The van der Waals surface area contributed by atoms with Crippen molar-refractivity contribution in [2.45, 2.75) is 26.7 Å². The molecule has 0 saturated carbocycles. The maximum atomic E-state index is 12.2. The third kappa shape index (κ3) is 5.78. The van der Waals surface area contributed by atoms with Crippen molar-refractivity contribution in [3.8, 4) is 0 Å². The average Bonchev–Trinajstić information content (AvgIpc) is 3.07. The van der Waals surface area contributed by atoms with E-state index in [9.17, 15) is 19.7 Å². The Labute approximate surface area is 167 Å². The summed E-state index contributed by atoms with van der Waals surface area (Å²) in [5.74, 6) is -1.31. The van der Waals surface area contributed by atoms with E-state index in [1.165, 1.54) is 12.1 Å². The van der Waals surface area contributed by atoms with E-state index in [2.05, 4.69) is 20.8 Å². The predicted molar refractivity (Wildman–Crippen MR) is 104 cm³/mol. The second-order valence-electron chi connectivity index (χ2n) is 6.44. The van der Waals surface area contributed by atoms with E-state index in [1.807, 2.05) is 6.92 Å². The normalized spacial score (nSPS) is 11.7. The van der Waals surface area contributed by atoms with Gasteiger partial charge in [-0.2, -0.15) is 5.10 Å². The fraction of sp³-hybridized carbons (Fsp3) is 0.389. The molecule has 0 aliphatic carbocycles. The molecular formula is C18H22ClN5O4. The van der Waals surface area contributed by atoms with Gasteiger partial charge in [0.1, 0.15) is 5.56 Å². The van der Waals surface area contributed by atoms with Gasteiger partial charge in [-0.15, -0.1) is 0 Å². The number of aromatic amines is 1. The number of nitro benzene ring substituents is 1. The Hall–Kier alpha value is -2.94.